The molecule has 146 valence electrons. The van der Waals surface area contributed by atoms with Crippen molar-refractivity contribution in [1.29, 1.82) is 0 Å². The van der Waals surface area contributed by atoms with Crippen molar-refractivity contribution in [1.82, 2.24) is 19.9 Å². The highest BCUT2D eigenvalue weighted by molar-refractivity contribution is 5.38. The predicted molar refractivity (Wildman–Crippen MR) is 99.9 cm³/mol. The van der Waals surface area contributed by atoms with E-state index in [1.54, 1.807) is 0 Å². The van der Waals surface area contributed by atoms with Gasteiger partial charge in [-0.05, 0) is 11.1 Å². The second-order valence-corrected chi connectivity index (χ2v) is 5.66. The first kappa shape index (κ1) is 19.1. The first-order chi connectivity index (χ1) is 13.6. The number of aromatic hydroxyl groups is 1. The minimum atomic E-state index is -0.611. The van der Waals surface area contributed by atoms with Gasteiger partial charge in [0.25, 0.3) is 11.8 Å². The zero-order valence-electron chi connectivity index (χ0n) is 15.3. The van der Waals surface area contributed by atoms with E-state index < -0.39 is 5.82 Å². The largest absolute Gasteiger partial charge is 0.502 e. The third-order valence-electron chi connectivity index (χ3n) is 3.76. The van der Waals surface area contributed by atoms with Gasteiger partial charge in [-0.1, -0.05) is 24.3 Å². The number of benzene rings is 1. The van der Waals surface area contributed by atoms with Gasteiger partial charge >= 0.3 is 0 Å². The van der Waals surface area contributed by atoms with Gasteiger partial charge in [-0.2, -0.15) is 14.4 Å². The first-order valence-electron chi connectivity index (χ1n) is 8.31. The van der Waals surface area contributed by atoms with E-state index in [-0.39, 0.29) is 23.5 Å². The Morgan fingerprint density at radius 2 is 1.36 bits per heavy atom. The number of ether oxygens (including phenoxy) is 2. The Kier molecular flexibility index (Phi) is 6.00. The van der Waals surface area contributed by atoms with E-state index in [0.717, 1.165) is 17.3 Å². The summed E-state index contributed by atoms with van der Waals surface area (Å²) in [7, 11) is 2.77. The molecule has 0 radical (unpaired) electrons. The monoisotopic (exact) mass is 386 g/mol. The molecule has 1 aromatic carbocycles. The van der Waals surface area contributed by atoms with E-state index in [0.29, 0.717) is 19.0 Å². The lowest BCUT2D eigenvalue weighted by atomic mass is 10.1. The van der Waals surface area contributed by atoms with Gasteiger partial charge in [0.2, 0.25) is 17.7 Å². The molecule has 3 N–H and O–H groups in total. The van der Waals surface area contributed by atoms with Gasteiger partial charge in [0.15, 0.2) is 5.75 Å². The summed E-state index contributed by atoms with van der Waals surface area (Å²) < 4.78 is 23.1. The Labute approximate surface area is 160 Å². The van der Waals surface area contributed by atoms with Crippen molar-refractivity contribution in [2.24, 2.45) is 0 Å². The van der Waals surface area contributed by atoms with Gasteiger partial charge in [-0.25, -0.2) is 9.97 Å². The van der Waals surface area contributed by atoms with Crippen LogP contribution in [0.3, 0.4) is 0 Å². The average Bonchev–Trinajstić information content (AvgIpc) is 2.73. The maximum atomic E-state index is 13.3. The highest BCUT2D eigenvalue weighted by atomic mass is 19.1. The molecule has 28 heavy (non-hydrogen) atoms. The molecular weight excluding hydrogens is 367 g/mol. The Balaban J connectivity index is 1.55. The quantitative estimate of drug-likeness (QED) is 0.537. The van der Waals surface area contributed by atoms with Crippen LogP contribution in [0.5, 0.6) is 17.5 Å². The molecule has 0 spiro atoms. The third-order valence-corrected chi connectivity index (χ3v) is 3.76. The summed E-state index contributed by atoms with van der Waals surface area (Å²) in [5.74, 6) is -0.0939. The fraction of sp³-hybridized carbons (Fsp3) is 0.222. The lowest BCUT2D eigenvalue weighted by Crippen LogP contribution is -2.06. The fourth-order valence-corrected chi connectivity index (χ4v) is 2.31. The van der Waals surface area contributed by atoms with Crippen LogP contribution in [-0.2, 0) is 13.1 Å². The standard InChI is InChI=1S/C18H19FN6O3/c1-27-15-13(19)9-22-17(24-15)20-7-11-3-5-12(6-4-11)8-21-18-23-10-14(26)16(25-18)28-2/h3-6,9-10,26H,7-8H2,1-2H3,(H,20,22,24)(H,21,23,25). The van der Waals surface area contributed by atoms with Crippen LogP contribution in [0.15, 0.2) is 36.7 Å². The normalized spacial score (nSPS) is 10.4. The van der Waals surface area contributed by atoms with Crippen LogP contribution in [-0.4, -0.2) is 39.3 Å². The van der Waals surface area contributed by atoms with Gasteiger partial charge < -0.3 is 25.2 Å². The van der Waals surface area contributed by atoms with Crippen molar-refractivity contribution in [3.05, 3.63) is 53.6 Å². The van der Waals surface area contributed by atoms with Gasteiger partial charge in [-0.3, -0.25) is 0 Å². The Hall–Kier alpha value is -3.69. The molecule has 0 unspecified atom stereocenters. The topological polar surface area (TPSA) is 114 Å². The number of nitrogens with one attached hydrogen (secondary N) is 2. The highest BCUT2D eigenvalue weighted by Crippen LogP contribution is 2.22. The smallest absolute Gasteiger partial charge is 0.261 e. The number of methoxy groups -OCH3 is 2. The van der Waals surface area contributed by atoms with Crippen molar-refractivity contribution in [3.8, 4) is 17.5 Å². The Morgan fingerprint density at radius 1 is 0.857 bits per heavy atom. The minimum Gasteiger partial charge on any atom is -0.502 e. The molecule has 0 bridgehead atoms. The highest BCUT2D eigenvalue weighted by Gasteiger charge is 2.07. The van der Waals surface area contributed by atoms with Crippen molar-refractivity contribution in [2.45, 2.75) is 13.1 Å². The molecule has 0 saturated carbocycles. The summed E-state index contributed by atoms with van der Waals surface area (Å²) in [4.78, 5) is 15.9. The SMILES string of the molecule is COc1nc(NCc2ccc(CNc3ncc(F)c(OC)n3)cc2)ncc1O. The molecule has 0 amide bonds. The van der Waals surface area contributed by atoms with Gasteiger partial charge in [-0.15, -0.1) is 0 Å². The van der Waals surface area contributed by atoms with Crippen molar-refractivity contribution in [3.63, 3.8) is 0 Å². The molecule has 0 aliphatic rings. The van der Waals surface area contributed by atoms with Crippen LogP contribution in [0.25, 0.3) is 0 Å². The van der Waals surface area contributed by atoms with Gasteiger partial charge in [0, 0.05) is 13.1 Å². The molecule has 0 saturated heterocycles. The number of aromatic nitrogens is 4. The molecule has 9 nitrogen and oxygen atoms in total. The number of rotatable bonds is 8. The second kappa shape index (κ2) is 8.80. The van der Waals surface area contributed by atoms with Crippen LogP contribution in [0, 0.1) is 5.82 Å². The Morgan fingerprint density at radius 3 is 1.89 bits per heavy atom. The zero-order valence-corrected chi connectivity index (χ0v) is 15.3. The van der Waals surface area contributed by atoms with Crippen LogP contribution in [0.4, 0.5) is 16.3 Å². The molecule has 2 heterocycles. The first-order valence-corrected chi connectivity index (χ1v) is 8.31. The summed E-state index contributed by atoms with van der Waals surface area (Å²) in [6, 6.07) is 7.80. The number of nitrogens with zero attached hydrogens (tertiary/aromatic N) is 4. The minimum absolute atomic E-state index is 0.105. The molecule has 0 aliphatic heterocycles. The van der Waals surface area contributed by atoms with E-state index in [1.807, 2.05) is 24.3 Å². The van der Waals surface area contributed by atoms with Crippen LogP contribution >= 0.6 is 0 Å². The predicted octanol–water partition coefficient (Wildman–Crippen LogP) is 2.35. The molecule has 0 atom stereocenters. The fourth-order valence-electron chi connectivity index (χ4n) is 2.31. The maximum Gasteiger partial charge on any atom is 0.261 e. The molecule has 3 rings (SSSR count). The molecule has 2 aromatic heterocycles. The maximum absolute atomic E-state index is 13.3. The number of anilines is 2. The van der Waals surface area contributed by atoms with E-state index in [9.17, 15) is 9.50 Å². The summed E-state index contributed by atoms with van der Waals surface area (Å²) >= 11 is 0. The Bertz CT molecular complexity index is 863. The van der Waals surface area contributed by atoms with Crippen molar-refractivity contribution >= 4 is 11.9 Å². The van der Waals surface area contributed by atoms with E-state index in [4.69, 9.17) is 9.47 Å². The molecule has 0 aliphatic carbocycles. The number of hydrogen-bond donors (Lipinski definition) is 3. The van der Waals surface area contributed by atoms with Crippen LogP contribution in [0.1, 0.15) is 11.1 Å². The summed E-state index contributed by atoms with van der Waals surface area (Å²) in [5, 5.41) is 15.6. The number of halogens is 1. The van der Waals surface area contributed by atoms with E-state index >= 15 is 0 Å². The van der Waals surface area contributed by atoms with E-state index in [2.05, 4.69) is 30.6 Å². The van der Waals surface area contributed by atoms with Crippen LogP contribution < -0.4 is 20.1 Å². The summed E-state index contributed by atoms with van der Waals surface area (Å²) in [6.07, 6.45) is 2.33. The van der Waals surface area contributed by atoms with Gasteiger partial charge in [0.05, 0.1) is 26.6 Å². The average molecular weight is 386 g/mol. The van der Waals surface area contributed by atoms with Crippen LogP contribution in [0.2, 0.25) is 0 Å². The zero-order chi connectivity index (χ0) is 19.9. The lowest BCUT2D eigenvalue weighted by Gasteiger charge is -2.09. The van der Waals surface area contributed by atoms with E-state index in [1.165, 1.54) is 20.4 Å². The van der Waals surface area contributed by atoms with Crippen molar-refractivity contribution < 1.29 is 19.0 Å². The molecule has 3 aromatic rings. The number of hydrogen-bond acceptors (Lipinski definition) is 9. The summed E-state index contributed by atoms with van der Waals surface area (Å²) in [6.45, 7) is 0.973. The van der Waals surface area contributed by atoms with Crippen molar-refractivity contribution in [2.75, 3.05) is 24.9 Å². The molecular formula is C18H19FN6O3. The second-order valence-electron chi connectivity index (χ2n) is 5.66. The molecule has 10 heteroatoms. The molecule has 0 fully saturated rings. The summed E-state index contributed by atoms with van der Waals surface area (Å²) in [5.41, 5.74) is 2.01. The third kappa shape index (κ3) is 4.72. The lowest BCUT2D eigenvalue weighted by molar-refractivity contribution is 0.357. The van der Waals surface area contributed by atoms with Gasteiger partial charge in [0.1, 0.15) is 0 Å².